The Hall–Kier alpha value is -1.84. The van der Waals surface area contributed by atoms with E-state index < -0.39 is 11.9 Å². The SMILES string of the molecule is CCc1ccc(C(=O)OC)c(C(=O)OC)c1. The van der Waals surface area contributed by atoms with Crippen LogP contribution in [0.25, 0.3) is 0 Å². The fourth-order valence-electron chi connectivity index (χ4n) is 1.38. The van der Waals surface area contributed by atoms with E-state index in [0.717, 1.165) is 12.0 Å². The van der Waals surface area contributed by atoms with Crippen molar-refractivity contribution in [3.63, 3.8) is 0 Å². The van der Waals surface area contributed by atoms with Gasteiger partial charge in [-0.25, -0.2) is 9.59 Å². The molecule has 1 aromatic carbocycles. The minimum absolute atomic E-state index is 0.228. The lowest BCUT2D eigenvalue weighted by Gasteiger charge is -2.07. The number of aryl methyl sites for hydroxylation is 1. The summed E-state index contributed by atoms with van der Waals surface area (Å²) in [6.45, 7) is 1.97. The molecule has 0 heterocycles. The van der Waals surface area contributed by atoms with E-state index in [9.17, 15) is 9.59 Å². The van der Waals surface area contributed by atoms with E-state index in [2.05, 4.69) is 9.47 Å². The molecule has 0 unspecified atom stereocenters. The first kappa shape index (κ1) is 12.2. The van der Waals surface area contributed by atoms with Crippen LogP contribution in [0.5, 0.6) is 0 Å². The van der Waals surface area contributed by atoms with Crippen LogP contribution < -0.4 is 0 Å². The fraction of sp³-hybridized carbons (Fsp3) is 0.333. The van der Waals surface area contributed by atoms with Crippen molar-refractivity contribution in [2.45, 2.75) is 13.3 Å². The fourth-order valence-corrected chi connectivity index (χ4v) is 1.38. The second-order valence-electron chi connectivity index (χ2n) is 3.22. The van der Waals surface area contributed by atoms with Crippen LogP contribution in [0.15, 0.2) is 18.2 Å². The highest BCUT2D eigenvalue weighted by Crippen LogP contribution is 2.15. The third kappa shape index (κ3) is 2.39. The molecule has 0 aliphatic carbocycles. The number of hydrogen-bond acceptors (Lipinski definition) is 4. The molecular formula is C12H14O4. The summed E-state index contributed by atoms with van der Waals surface area (Å²) in [7, 11) is 2.55. The topological polar surface area (TPSA) is 52.6 Å². The van der Waals surface area contributed by atoms with Crippen LogP contribution >= 0.6 is 0 Å². The van der Waals surface area contributed by atoms with Crippen LogP contribution in [0, 0.1) is 0 Å². The Morgan fingerprint density at radius 3 is 2.12 bits per heavy atom. The lowest BCUT2D eigenvalue weighted by molar-refractivity contribution is 0.0555. The van der Waals surface area contributed by atoms with E-state index in [4.69, 9.17) is 0 Å². The number of benzene rings is 1. The monoisotopic (exact) mass is 222 g/mol. The molecule has 0 saturated heterocycles. The van der Waals surface area contributed by atoms with Gasteiger partial charge in [-0.1, -0.05) is 13.0 Å². The second-order valence-corrected chi connectivity index (χ2v) is 3.22. The normalized spacial score (nSPS) is 9.69. The van der Waals surface area contributed by atoms with Crippen molar-refractivity contribution in [2.75, 3.05) is 14.2 Å². The molecule has 0 spiro atoms. The van der Waals surface area contributed by atoms with Gasteiger partial charge in [0.25, 0.3) is 0 Å². The van der Waals surface area contributed by atoms with E-state index >= 15 is 0 Å². The third-order valence-corrected chi connectivity index (χ3v) is 2.30. The Morgan fingerprint density at radius 2 is 1.62 bits per heavy atom. The molecule has 0 radical (unpaired) electrons. The Balaban J connectivity index is 3.26. The van der Waals surface area contributed by atoms with Crippen LogP contribution in [-0.4, -0.2) is 26.2 Å². The lowest BCUT2D eigenvalue weighted by atomic mass is 10.0. The zero-order chi connectivity index (χ0) is 12.1. The smallest absolute Gasteiger partial charge is 0.338 e. The molecule has 0 aliphatic heterocycles. The summed E-state index contributed by atoms with van der Waals surface area (Å²) in [5.74, 6) is -1.07. The number of hydrogen-bond donors (Lipinski definition) is 0. The van der Waals surface area contributed by atoms with Gasteiger partial charge in [0.15, 0.2) is 0 Å². The summed E-state index contributed by atoms with van der Waals surface area (Å²) in [6.07, 6.45) is 0.783. The molecule has 0 amide bonds. The van der Waals surface area contributed by atoms with Crippen LogP contribution in [0.4, 0.5) is 0 Å². The van der Waals surface area contributed by atoms with Gasteiger partial charge >= 0.3 is 11.9 Å². The van der Waals surface area contributed by atoms with Crippen LogP contribution in [0.1, 0.15) is 33.2 Å². The largest absolute Gasteiger partial charge is 0.465 e. The minimum Gasteiger partial charge on any atom is -0.465 e. The van der Waals surface area contributed by atoms with Gasteiger partial charge in [-0.15, -0.1) is 0 Å². The molecule has 0 aromatic heterocycles. The van der Waals surface area contributed by atoms with Crippen molar-refractivity contribution in [3.8, 4) is 0 Å². The highest BCUT2D eigenvalue weighted by atomic mass is 16.5. The van der Waals surface area contributed by atoms with Crippen molar-refractivity contribution < 1.29 is 19.1 Å². The van der Waals surface area contributed by atoms with Gasteiger partial charge in [-0.05, 0) is 24.1 Å². The quantitative estimate of drug-likeness (QED) is 0.732. The molecule has 4 heteroatoms. The van der Waals surface area contributed by atoms with Gasteiger partial charge in [0.05, 0.1) is 25.3 Å². The van der Waals surface area contributed by atoms with Crippen molar-refractivity contribution in [1.82, 2.24) is 0 Å². The highest BCUT2D eigenvalue weighted by Gasteiger charge is 2.18. The van der Waals surface area contributed by atoms with Crippen LogP contribution in [0.3, 0.4) is 0 Å². The van der Waals surface area contributed by atoms with Crippen molar-refractivity contribution in [3.05, 3.63) is 34.9 Å². The number of esters is 2. The Kier molecular flexibility index (Phi) is 4.05. The maximum atomic E-state index is 11.5. The molecule has 4 nitrogen and oxygen atoms in total. The first-order valence-electron chi connectivity index (χ1n) is 4.93. The molecular weight excluding hydrogens is 208 g/mol. The van der Waals surface area contributed by atoms with Gasteiger partial charge < -0.3 is 9.47 Å². The summed E-state index contributed by atoms with van der Waals surface area (Å²) >= 11 is 0. The Morgan fingerprint density at radius 1 is 1.06 bits per heavy atom. The van der Waals surface area contributed by atoms with Crippen molar-refractivity contribution in [1.29, 1.82) is 0 Å². The maximum absolute atomic E-state index is 11.5. The van der Waals surface area contributed by atoms with E-state index in [-0.39, 0.29) is 11.1 Å². The zero-order valence-electron chi connectivity index (χ0n) is 9.57. The standard InChI is InChI=1S/C12H14O4/c1-4-8-5-6-9(11(13)15-2)10(7-8)12(14)16-3/h5-7H,4H2,1-3H3. The molecule has 16 heavy (non-hydrogen) atoms. The lowest BCUT2D eigenvalue weighted by Crippen LogP contribution is -2.12. The van der Waals surface area contributed by atoms with Crippen LogP contribution in [0.2, 0.25) is 0 Å². The molecule has 1 rings (SSSR count). The molecule has 86 valence electrons. The summed E-state index contributed by atoms with van der Waals surface area (Å²) in [6, 6.07) is 5.02. The second kappa shape index (κ2) is 5.30. The first-order valence-corrected chi connectivity index (χ1v) is 4.93. The van der Waals surface area contributed by atoms with E-state index in [1.165, 1.54) is 14.2 Å². The van der Waals surface area contributed by atoms with Crippen LogP contribution in [-0.2, 0) is 15.9 Å². The molecule has 0 saturated carbocycles. The van der Waals surface area contributed by atoms with Gasteiger partial charge in [0.2, 0.25) is 0 Å². The molecule has 0 atom stereocenters. The minimum atomic E-state index is -0.539. The predicted octanol–water partition coefficient (Wildman–Crippen LogP) is 1.82. The highest BCUT2D eigenvalue weighted by molar-refractivity contribution is 6.03. The molecule has 0 aliphatic rings. The maximum Gasteiger partial charge on any atom is 0.338 e. The van der Waals surface area contributed by atoms with Gasteiger partial charge in [-0.2, -0.15) is 0 Å². The zero-order valence-corrected chi connectivity index (χ0v) is 9.57. The number of ether oxygens (including phenoxy) is 2. The number of carbonyl (C=O) groups excluding carboxylic acids is 2. The van der Waals surface area contributed by atoms with Gasteiger partial charge in [0, 0.05) is 0 Å². The molecule has 0 fully saturated rings. The van der Waals surface area contributed by atoms with Gasteiger partial charge in [-0.3, -0.25) is 0 Å². The van der Waals surface area contributed by atoms with Crippen molar-refractivity contribution >= 4 is 11.9 Å². The van der Waals surface area contributed by atoms with Crippen molar-refractivity contribution in [2.24, 2.45) is 0 Å². The first-order chi connectivity index (χ1) is 7.63. The average Bonchev–Trinajstić information content (AvgIpc) is 2.36. The number of carbonyl (C=O) groups is 2. The molecule has 0 bridgehead atoms. The Labute approximate surface area is 94.2 Å². The van der Waals surface area contributed by atoms with E-state index in [1.807, 2.05) is 6.92 Å². The summed E-state index contributed by atoms with van der Waals surface area (Å²) in [4.78, 5) is 22.9. The van der Waals surface area contributed by atoms with E-state index in [1.54, 1.807) is 18.2 Å². The van der Waals surface area contributed by atoms with E-state index in [0.29, 0.717) is 0 Å². The average molecular weight is 222 g/mol. The molecule has 0 N–H and O–H groups in total. The number of rotatable bonds is 3. The third-order valence-electron chi connectivity index (χ3n) is 2.30. The molecule has 1 aromatic rings. The summed E-state index contributed by atoms with van der Waals surface area (Å²) in [5, 5.41) is 0. The van der Waals surface area contributed by atoms with Gasteiger partial charge in [0.1, 0.15) is 0 Å². The Bertz CT molecular complexity index is 409. The summed E-state index contributed by atoms with van der Waals surface area (Å²) < 4.78 is 9.22. The predicted molar refractivity (Wildman–Crippen MR) is 58.5 cm³/mol. The summed E-state index contributed by atoms with van der Waals surface area (Å²) in [5.41, 5.74) is 1.44. The number of methoxy groups -OCH3 is 2.